The fourth-order valence-electron chi connectivity index (χ4n) is 5.73. The van der Waals surface area contributed by atoms with Crippen LogP contribution < -0.4 is 10.2 Å². The highest BCUT2D eigenvalue weighted by Gasteiger charge is 2.55. The average molecular weight is 450 g/mol. The van der Waals surface area contributed by atoms with Gasteiger partial charge >= 0.3 is 0 Å². The van der Waals surface area contributed by atoms with E-state index >= 15 is 0 Å². The predicted molar refractivity (Wildman–Crippen MR) is 121 cm³/mol. The highest BCUT2D eigenvalue weighted by Crippen LogP contribution is 2.61. The molecule has 1 aliphatic heterocycles. The van der Waals surface area contributed by atoms with E-state index in [2.05, 4.69) is 10.3 Å². The largest absolute Gasteiger partial charge is 0.440 e. The van der Waals surface area contributed by atoms with Gasteiger partial charge in [0.05, 0.1) is 5.92 Å². The summed E-state index contributed by atoms with van der Waals surface area (Å²) in [5.41, 5.74) is 2.74. The molecule has 7 heteroatoms. The summed E-state index contributed by atoms with van der Waals surface area (Å²) in [4.78, 5) is 31.5. The number of oxazole rings is 1. The van der Waals surface area contributed by atoms with Crippen molar-refractivity contribution in [3.05, 3.63) is 59.4 Å². The van der Waals surface area contributed by atoms with Gasteiger partial charge in [-0.1, -0.05) is 29.8 Å². The molecular weight excluding hydrogens is 426 g/mol. The lowest BCUT2D eigenvalue weighted by molar-refractivity contribution is -0.129. The van der Waals surface area contributed by atoms with E-state index in [-0.39, 0.29) is 30.2 Å². The molecule has 1 spiro atoms. The molecule has 3 fully saturated rings. The number of carbonyl (C=O) groups excluding carboxylic acids is 2. The van der Waals surface area contributed by atoms with Crippen LogP contribution in [0.2, 0.25) is 5.02 Å². The number of fused-ring (bicyclic) bond motifs is 1. The minimum absolute atomic E-state index is 0.00309. The lowest BCUT2D eigenvalue weighted by Crippen LogP contribution is -2.56. The third kappa shape index (κ3) is 3.37. The number of aromatic nitrogens is 1. The van der Waals surface area contributed by atoms with Crippen LogP contribution in [0.15, 0.2) is 52.9 Å². The highest BCUT2D eigenvalue weighted by molar-refractivity contribution is 6.31. The van der Waals surface area contributed by atoms with Gasteiger partial charge in [-0.3, -0.25) is 9.59 Å². The van der Waals surface area contributed by atoms with Crippen LogP contribution in [0.3, 0.4) is 0 Å². The minimum Gasteiger partial charge on any atom is -0.440 e. The maximum Gasteiger partial charge on any atom is 0.227 e. The molecular formula is C25H24ClN3O3. The van der Waals surface area contributed by atoms with Crippen molar-refractivity contribution in [1.82, 2.24) is 10.3 Å². The first-order valence-corrected chi connectivity index (χ1v) is 11.6. The van der Waals surface area contributed by atoms with E-state index in [1.165, 1.54) is 0 Å². The Kier molecular flexibility index (Phi) is 4.54. The second-order valence-electron chi connectivity index (χ2n) is 9.62. The first-order valence-electron chi connectivity index (χ1n) is 11.2. The molecule has 1 N–H and O–H groups in total. The standard InChI is InChI=1S/C25H24ClN3O3/c26-17-6-7-21-20(9-17)28-24(32-21)16-10-25(11-16)12-18(13-25)27-23(31)15-8-22(30)29(14-15)19-4-2-1-3-5-19/h1-7,9,15-16,18H,8,10-14H2,(H,27,31). The van der Waals surface area contributed by atoms with Crippen molar-refractivity contribution in [3.8, 4) is 0 Å². The first kappa shape index (κ1) is 19.8. The van der Waals surface area contributed by atoms with Gasteiger partial charge in [0.2, 0.25) is 11.8 Å². The summed E-state index contributed by atoms with van der Waals surface area (Å²) in [5, 5.41) is 3.85. The zero-order valence-corrected chi connectivity index (χ0v) is 18.3. The van der Waals surface area contributed by atoms with E-state index in [0.717, 1.165) is 48.4 Å². The third-order valence-electron chi connectivity index (χ3n) is 7.34. The average Bonchev–Trinajstić information content (AvgIpc) is 3.32. The number of halogens is 1. The quantitative estimate of drug-likeness (QED) is 0.627. The normalized spacial score (nSPS) is 29.2. The zero-order chi connectivity index (χ0) is 21.9. The molecule has 3 aliphatic rings. The van der Waals surface area contributed by atoms with Gasteiger partial charge in [0.1, 0.15) is 5.52 Å². The number of rotatable bonds is 4. The number of carbonyl (C=O) groups is 2. The summed E-state index contributed by atoms with van der Waals surface area (Å²) < 4.78 is 5.93. The van der Waals surface area contributed by atoms with Gasteiger partial charge in [0.15, 0.2) is 11.5 Å². The van der Waals surface area contributed by atoms with E-state index in [1.54, 1.807) is 4.90 Å². The van der Waals surface area contributed by atoms with Gasteiger partial charge < -0.3 is 14.6 Å². The summed E-state index contributed by atoms with van der Waals surface area (Å²) in [6.45, 7) is 0.455. The molecule has 1 saturated heterocycles. The van der Waals surface area contributed by atoms with E-state index in [0.29, 0.717) is 22.9 Å². The van der Waals surface area contributed by atoms with Crippen molar-refractivity contribution < 1.29 is 14.0 Å². The molecule has 32 heavy (non-hydrogen) atoms. The summed E-state index contributed by atoms with van der Waals surface area (Å²) >= 11 is 6.05. The lowest BCUT2D eigenvalue weighted by atomic mass is 9.50. The number of para-hydroxylation sites is 1. The van der Waals surface area contributed by atoms with Gasteiger partial charge in [-0.05, 0) is 61.4 Å². The molecule has 2 aliphatic carbocycles. The zero-order valence-electron chi connectivity index (χ0n) is 17.6. The number of hydrogen-bond acceptors (Lipinski definition) is 4. The van der Waals surface area contributed by atoms with Crippen molar-refractivity contribution in [2.75, 3.05) is 11.4 Å². The van der Waals surface area contributed by atoms with Crippen LogP contribution in [-0.4, -0.2) is 29.4 Å². The van der Waals surface area contributed by atoms with Crippen molar-refractivity contribution in [2.24, 2.45) is 11.3 Å². The summed E-state index contributed by atoms with van der Waals surface area (Å²) in [6.07, 6.45) is 4.35. The highest BCUT2D eigenvalue weighted by atomic mass is 35.5. The van der Waals surface area contributed by atoms with Crippen molar-refractivity contribution in [1.29, 1.82) is 0 Å². The van der Waals surface area contributed by atoms with Crippen LogP contribution in [0.1, 0.15) is 43.9 Å². The van der Waals surface area contributed by atoms with Crippen LogP contribution in [-0.2, 0) is 9.59 Å². The number of amides is 2. The van der Waals surface area contributed by atoms with Crippen LogP contribution in [0.4, 0.5) is 5.69 Å². The molecule has 1 aromatic heterocycles. The Bertz CT molecular complexity index is 1190. The second kappa shape index (κ2) is 7.34. The van der Waals surface area contributed by atoms with E-state index < -0.39 is 0 Å². The number of benzene rings is 2. The third-order valence-corrected chi connectivity index (χ3v) is 7.58. The topological polar surface area (TPSA) is 75.4 Å². The molecule has 6 rings (SSSR count). The number of hydrogen-bond donors (Lipinski definition) is 1. The van der Waals surface area contributed by atoms with E-state index in [9.17, 15) is 9.59 Å². The summed E-state index contributed by atoms with van der Waals surface area (Å²) in [6, 6.07) is 15.3. The summed E-state index contributed by atoms with van der Waals surface area (Å²) in [5.74, 6) is 0.877. The molecule has 164 valence electrons. The van der Waals surface area contributed by atoms with Gasteiger partial charge in [-0.15, -0.1) is 0 Å². The number of anilines is 1. The van der Waals surface area contributed by atoms with Crippen molar-refractivity contribution in [2.45, 2.75) is 44.1 Å². The van der Waals surface area contributed by atoms with Crippen LogP contribution >= 0.6 is 11.6 Å². The maximum absolute atomic E-state index is 12.8. The Hall–Kier alpha value is -2.86. The molecule has 2 amide bonds. The Labute approximate surface area is 190 Å². The SMILES string of the molecule is O=C(NC1CC2(C1)CC(c1nc3cc(Cl)ccc3o1)C2)C1CC(=O)N(c2ccccc2)C1. The molecule has 0 bridgehead atoms. The van der Waals surface area contributed by atoms with Gasteiger partial charge in [0.25, 0.3) is 0 Å². The first-order chi connectivity index (χ1) is 15.5. The Morgan fingerprint density at radius 1 is 1.12 bits per heavy atom. The monoisotopic (exact) mass is 449 g/mol. The van der Waals surface area contributed by atoms with Crippen molar-refractivity contribution in [3.63, 3.8) is 0 Å². The Morgan fingerprint density at radius 2 is 1.91 bits per heavy atom. The van der Waals surface area contributed by atoms with Gasteiger partial charge in [-0.2, -0.15) is 0 Å². The van der Waals surface area contributed by atoms with Gasteiger partial charge in [0, 0.05) is 35.6 Å². The predicted octanol–water partition coefficient (Wildman–Crippen LogP) is 4.68. The summed E-state index contributed by atoms with van der Waals surface area (Å²) in [7, 11) is 0. The Balaban J connectivity index is 1.01. The lowest BCUT2D eigenvalue weighted by Gasteiger charge is -2.57. The molecule has 2 saturated carbocycles. The molecule has 2 aromatic carbocycles. The number of nitrogens with zero attached hydrogens (tertiary/aromatic N) is 2. The van der Waals surface area contributed by atoms with Crippen LogP contribution in [0.25, 0.3) is 11.1 Å². The maximum atomic E-state index is 12.8. The fourth-order valence-corrected chi connectivity index (χ4v) is 5.90. The van der Waals surface area contributed by atoms with E-state index in [4.69, 9.17) is 16.0 Å². The fraction of sp³-hybridized carbons (Fsp3) is 0.400. The molecule has 2 heterocycles. The molecule has 3 aromatic rings. The van der Waals surface area contributed by atoms with Crippen LogP contribution in [0.5, 0.6) is 0 Å². The van der Waals surface area contributed by atoms with E-state index in [1.807, 2.05) is 48.5 Å². The minimum atomic E-state index is -0.278. The molecule has 1 unspecified atom stereocenters. The molecule has 1 atom stereocenters. The van der Waals surface area contributed by atoms with Gasteiger partial charge in [-0.25, -0.2) is 4.98 Å². The smallest absolute Gasteiger partial charge is 0.227 e. The Morgan fingerprint density at radius 3 is 2.69 bits per heavy atom. The molecule has 0 radical (unpaired) electrons. The molecule has 6 nitrogen and oxygen atoms in total. The van der Waals surface area contributed by atoms with Crippen LogP contribution in [0, 0.1) is 11.3 Å². The number of nitrogens with one attached hydrogen (secondary N) is 1. The van der Waals surface area contributed by atoms with Crippen molar-refractivity contribution >= 4 is 40.2 Å². The second-order valence-corrected chi connectivity index (χ2v) is 10.1.